The number of nitrogens with two attached hydrogens (primary N) is 1. The number of rotatable bonds is 4. The predicted octanol–water partition coefficient (Wildman–Crippen LogP) is 3.30. The molecule has 0 heterocycles. The molecule has 0 aliphatic heterocycles. The van der Waals surface area contributed by atoms with Crippen LogP contribution in [0.2, 0.25) is 0 Å². The first-order valence-corrected chi connectivity index (χ1v) is 7.26. The standard InChI is InChI=1S/C15H20N2O4/c1-2-10-4-3-5-12(8-10)21-15(18)11-6-7-13(16)14(9-11)17(19)20/h6-7,9-10,12H,2-5,8,16H2,1H3. The average Bonchev–Trinajstić information content (AvgIpc) is 2.47. The molecular weight excluding hydrogens is 272 g/mol. The normalized spacial score (nSPS) is 21.8. The molecule has 1 fully saturated rings. The van der Waals surface area contributed by atoms with E-state index in [1.165, 1.54) is 24.6 Å². The second kappa shape index (κ2) is 6.56. The molecular formula is C15H20N2O4. The first-order chi connectivity index (χ1) is 10.0. The summed E-state index contributed by atoms with van der Waals surface area (Å²) in [4.78, 5) is 22.4. The molecule has 2 unspecified atom stereocenters. The van der Waals surface area contributed by atoms with Crippen LogP contribution >= 0.6 is 0 Å². The molecule has 1 saturated carbocycles. The maximum atomic E-state index is 12.1. The summed E-state index contributed by atoms with van der Waals surface area (Å²) in [6.07, 6.45) is 4.96. The molecule has 2 rings (SSSR count). The fraction of sp³-hybridized carbons (Fsp3) is 0.533. The van der Waals surface area contributed by atoms with Gasteiger partial charge in [0.15, 0.2) is 0 Å². The summed E-state index contributed by atoms with van der Waals surface area (Å²) in [5, 5.41) is 10.8. The Balaban J connectivity index is 2.06. The van der Waals surface area contributed by atoms with Gasteiger partial charge in [-0.2, -0.15) is 0 Å². The highest BCUT2D eigenvalue weighted by molar-refractivity contribution is 5.91. The van der Waals surface area contributed by atoms with Crippen LogP contribution in [0.4, 0.5) is 11.4 Å². The highest BCUT2D eigenvalue weighted by Crippen LogP contribution is 2.29. The van der Waals surface area contributed by atoms with Gasteiger partial charge in [0.2, 0.25) is 0 Å². The minimum atomic E-state index is -0.597. The molecule has 0 bridgehead atoms. The van der Waals surface area contributed by atoms with Crippen molar-refractivity contribution in [3.63, 3.8) is 0 Å². The van der Waals surface area contributed by atoms with Gasteiger partial charge in [0.05, 0.1) is 10.5 Å². The van der Waals surface area contributed by atoms with E-state index in [0.29, 0.717) is 5.92 Å². The van der Waals surface area contributed by atoms with Crippen molar-refractivity contribution in [2.45, 2.75) is 45.1 Å². The Bertz CT molecular complexity index is 544. The van der Waals surface area contributed by atoms with Crippen molar-refractivity contribution in [3.8, 4) is 0 Å². The summed E-state index contributed by atoms with van der Waals surface area (Å²) in [7, 11) is 0. The number of carbonyl (C=O) groups excluding carboxylic acids is 1. The van der Waals surface area contributed by atoms with Gasteiger partial charge in [-0.3, -0.25) is 10.1 Å². The van der Waals surface area contributed by atoms with Crippen LogP contribution in [-0.2, 0) is 4.74 Å². The van der Waals surface area contributed by atoms with Gasteiger partial charge in [-0.05, 0) is 37.3 Å². The molecule has 0 aromatic heterocycles. The van der Waals surface area contributed by atoms with Crippen molar-refractivity contribution < 1.29 is 14.5 Å². The van der Waals surface area contributed by atoms with Crippen molar-refractivity contribution >= 4 is 17.3 Å². The summed E-state index contributed by atoms with van der Waals surface area (Å²) in [5.74, 6) is 0.0807. The van der Waals surface area contributed by atoms with Gasteiger partial charge in [0.25, 0.3) is 5.69 Å². The van der Waals surface area contributed by atoms with Crippen LogP contribution in [0.5, 0.6) is 0 Å². The first kappa shape index (κ1) is 15.3. The van der Waals surface area contributed by atoms with Crippen molar-refractivity contribution in [2.75, 3.05) is 5.73 Å². The molecule has 6 heteroatoms. The molecule has 2 atom stereocenters. The van der Waals surface area contributed by atoms with Crippen LogP contribution in [0, 0.1) is 16.0 Å². The van der Waals surface area contributed by atoms with Gasteiger partial charge in [-0.25, -0.2) is 4.79 Å². The number of nitrogens with zero attached hydrogens (tertiary/aromatic N) is 1. The third kappa shape index (κ3) is 3.71. The second-order valence-corrected chi connectivity index (χ2v) is 5.50. The average molecular weight is 292 g/mol. The quantitative estimate of drug-likeness (QED) is 0.397. The lowest BCUT2D eigenvalue weighted by Gasteiger charge is -2.28. The van der Waals surface area contributed by atoms with E-state index in [-0.39, 0.29) is 23.0 Å². The fourth-order valence-corrected chi connectivity index (χ4v) is 2.77. The van der Waals surface area contributed by atoms with Crippen molar-refractivity contribution in [3.05, 3.63) is 33.9 Å². The molecule has 0 saturated heterocycles. The molecule has 6 nitrogen and oxygen atoms in total. The minimum Gasteiger partial charge on any atom is -0.459 e. The first-order valence-electron chi connectivity index (χ1n) is 7.26. The number of nitro benzene ring substituents is 1. The molecule has 21 heavy (non-hydrogen) atoms. The van der Waals surface area contributed by atoms with Gasteiger partial charge in [0, 0.05) is 6.07 Å². The van der Waals surface area contributed by atoms with E-state index in [1.54, 1.807) is 0 Å². The zero-order valence-corrected chi connectivity index (χ0v) is 12.1. The smallest absolute Gasteiger partial charge is 0.338 e. The van der Waals surface area contributed by atoms with Gasteiger partial charge in [-0.1, -0.05) is 19.8 Å². The summed E-state index contributed by atoms with van der Waals surface area (Å²) < 4.78 is 5.48. The predicted molar refractivity (Wildman–Crippen MR) is 79.0 cm³/mol. The molecule has 2 N–H and O–H groups in total. The molecule has 0 spiro atoms. The lowest BCUT2D eigenvalue weighted by molar-refractivity contribution is -0.383. The summed E-state index contributed by atoms with van der Waals surface area (Å²) in [6.45, 7) is 2.14. The Hall–Kier alpha value is -2.11. The van der Waals surface area contributed by atoms with Gasteiger partial charge >= 0.3 is 5.97 Å². The van der Waals surface area contributed by atoms with Crippen molar-refractivity contribution in [1.29, 1.82) is 0 Å². The van der Waals surface area contributed by atoms with E-state index < -0.39 is 10.9 Å². The number of ether oxygens (including phenoxy) is 1. The zero-order chi connectivity index (χ0) is 15.4. The summed E-state index contributed by atoms with van der Waals surface area (Å²) in [5.41, 5.74) is 5.47. The van der Waals surface area contributed by atoms with E-state index in [4.69, 9.17) is 10.5 Å². The third-order valence-corrected chi connectivity index (χ3v) is 4.05. The molecule has 1 aromatic rings. The van der Waals surface area contributed by atoms with Crippen molar-refractivity contribution in [2.24, 2.45) is 5.92 Å². The molecule has 1 aliphatic carbocycles. The number of carbonyl (C=O) groups is 1. The molecule has 114 valence electrons. The highest BCUT2D eigenvalue weighted by atomic mass is 16.6. The largest absolute Gasteiger partial charge is 0.459 e. The van der Waals surface area contributed by atoms with E-state index in [1.807, 2.05) is 0 Å². The Kier molecular flexibility index (Phi) is 4.77. The van der Waals surface area contributed by atoms with E-state index >= 15 is 0 Å². The second-order valence-electron chi connectivity index (χ2n) is 5.50. The monoisotopic (exact) mass is 292 g/mol. The summed E-state index contributed by atoms with van der Waals surface area (Å²) in [6, 6.07) is 4.01. The van der Waals surface area contributed by atoms with E-state index in [0.717, 1.165) is 25.7 Å². The third-order valence-electron chi connectivity index (χ3n) is 4.05. The van der Waals surface area contributed by atoms with Crippen LogP contribution in [0.1, 0.15) is 49.4 Å². The Morgan fingerprint density at radius 1 is 1.48 bits per heavy atom. The molecule has 1 aliphatic rings. The topological polar surface area (TPSA) is 95.5 Å². The van der Waals surface area contributed by atoms with Gasteiger partial charge < -0.3 is 10.5 Å². The van der Waals surface area contributed by atoms with Crippen LogP contribution in [0.15, 0.2) is 18.2 Å². The van der Waals surface area contributed by atoms with Gasteiger partial charge in [-0.15, -0.1) is 0 Å². The maximum Gasteiger partial charge on any atom is 0.338 e. The number of esters is 1. The zero-order valence-electron chi connectivity index (χ0n) is 12.1. The van der Waals surface area contributed by atoms with E-state index in [2.05, 4.69) is 6.92 Å². The number of nitro groups is 1. The van der Waals surface area contributed by atoms with Crippen LogP contribution in [0.3, 0.4) is 0 Å². The number of anilines is 1. The SMILES string of the molecule is CCC1CCCC(OC(=O)c2ccc(N)c([N+](=O)[O-])c2)C1. The Morgan fingerprint density at radius 3 is 2.90 bits per heavy atom. The summed E-state index contributed by atoms with van der Waals surface area (Å²) >= 11 is 0. The lowest BCUT2D eigenvalue weighted by Crippen LogP contribution is -2.25. The van der Waals surface area contributed by atoms with Crippen molar-refractivity contribution in [1.82, 2.24) is 0 Å². The Morgan fingerprint density at radius 2 is 2.24 bits per heavy atom. The van der Waals surface area contributed by atoms with Crippen LogP contribution in [0.25, 0.3) is 0 Å². The number of benzene rings is 1. The fourth-order valence-electron chi connectivity index (χ4n) is 2.77. The van der Waals surface area contributed by atoms with Crippen LogP contribution < -0.4 is 5.73 Å². The van der Waals surface area contributed by atoms with Gasteiger partial charge in [0.1, 0.15) is 11.8 Å². The number of nitrogen functional groups attached to an aromatic ring is 1. The Labute approximate surface area is 123 Å². The molecule has 0 radical (unpaired) electrons. The van der Waals surface area contributed by atoms with Crippen LogP contribution in [-0.4, -0.2) is 17.0 Å². The number of hydrogen-bond acceptors (Lipinski definition) is 5. The molecule has 1 aromatic carbocycles. The lowest BCUT2D eigenvalue weighted by atomic mass is 9.85. The molecule has 0 amide bonds. The van der Waals surface area contributed by atoms with E-state index in [9.17, 15) is 14.9 Å². The number of hydrogen-bond donors (Lipinski definition) is 1. The highest BCUT2D eigenvalue weighted by Gasteiger charge is 2.25. The minimum absolute atomic E-state index is 0.0419. The maximum absolute atomic E-state index is 12.1.